The van der Waals surface area contributed by atoms with Crippen molar-refractivity contribution in [3.63, 3.8) is 0 Å². The molecule has 0 unspecified atom stereocenters. The molecule has 8 heteroatoms. The van der Waals surface area contributed by atoms with Crippen LogP contribution in [0, 0.1) is 5.92 Å². The second-order valence-electron chi connectivity index (χ2n) is 6.61. The van der Waals surface area contributed by atoms with Gasteiger partial charge >= 0.3 is 0 Å². The number of amides is 2. The van der Waals surface area contributed by atoms with Gasteiger partial charge in [0.05, 0.1) is 20.4 Å². The molecular formula is C20H24N4O4. The van der Waals surface area contributed by atoms with Crippen LogP contribution in [0.3, 0.4) is 0 Å². The lowest BCUT2D eigenvalue weighted by Crippen LogP contribution is -2.41. The normalized spacial score (nSPS) is 14.4. The molecule has 1 aromatic carbocycles. The van der Waals surface area contributed by atoms with Gasteiger partial charge in [-0.1, -0.05) is 0 Å². The van der Waals surface area contributed by atoms with Crippen LogP contribution in [-0.2, 0) is 0 Å². The van der Waals surface area contributed by atoms with Crippen molar-refractivity contribution in [2.45, 2.75) is 12.8 Å². The van der Waals surface area contributed by atoms with Crippen LogP contribution in [0.2, 0.25) is 0 Å². The number of piperidine rings is 1. The van der Waals surface area contributed by atoms with Crippen LogP contribution in [0.1, 0.15) is 33.7 Å². The fourth-order valence-electron chi connectivity index (χ4n) is 3.24. The molecule has 0 spiro atoms. The fraction of sp³-hybridized carbons (Fsp3) is 0.400. The Bertz CT molecular complexity index is 820. The molecule has 2 aromatic rings. The van der Waals surface area contributed by atoms with Crippen molar-refractivity contribution in [1.82, 2.24) is 20.2 Å². The van der Waals surface area contributed by atoms with Gasteiger partial charge in [-0.25, -0.2) is 4.98 Å². The first-order valence-electron chi connectivity index (χ1n) is 9.18. The number of nitrogens with one attached hydrogen (secondary N) is 1. The predicted octanol–water partition coefficient (Wildman–Crippen LogP) is 1.78. The first kappa shape index (κ1) is 19.6. The van der Waals surface area contributed by atoms with Gasteiger partial charge in [-0.15, -0.1) is 0 Å². The van der Waals surface area contributed by atoms with Gasteiger partial charge in [-0.2, -0.15) is 0 Å². The molecule has 2 amide bonds. The molecule has 0 atom stereocenters. The van der Waals surface area contributed by atoms with Crippen LogP contribution in [0.15, 0.2) is 36.8 Å². The molecule has 1 fully saturated rings. The molecule has 1 saturated heterocycles. The van der Waals surface area contributed by atoms with E-state index in [2.05, 4.69) is 15.3 Å². The molecule has 1 N–H and O–H groups in total. The van der Waals surface area contributed by atoms with Crippen LogP contribution in [0.4, 0.5) is 0 Å². The van der Waals surface area contributed by atoms with E-state index in [0.717, 1.165) is 12.8 Å². The molecule has 0 bridgehead atoms. The largest absolute Gasteiger partial charge is 0.493 e. The van der Waals surface area contributed by atoms with Crippen molar-refractivity contribution in [1.29, 1.82) is 0 Å². The van der Waals surface area contributed by atoms with Crippen LogP contribution >= 0.6 is 0 Å². The van der Waals surface area contributed by atoms with E-state index >= 15 is 0 Å². The van der Waals surface area contributed by atoms with Crippen molar-refractivity contribution in [3.8, 4) is 11.5 Å². The smallest absolute Gasteiger partial charge is 0.271 e. The predicted molar refractivity (Wildman–Crippen MR) is 103 cm³/mol. The Balaban J connectivity index is 1.51. The third kappa shape index (κ3) is 4.57. The quantitative estimate of drug-likeness (QED) is 0.816. The van der Waals surface area contributed by atoms with Gasteiger partial charge < -0.3 is 19.7 Å². The summed E-state index contributed by atoms with van der Waals surface area (Å²) in [6.07, 6.45) is 6.13. The van der Waals surface area contributed by atoms with E-state index < -0.39 is 0 Å². The first-order chi connectivity index (χ1) is 13.6. The minimum absolute atomic E-state index is 0.0250. The molecule has 1 aliphatic rings. The van der Waals surface area contributed by atoms with Gasteiger partial charge in [0.25, 0.3) is 11.8 Å². The van der Waals surface area contributed by atoms with E-state index in [1.54, 1.807) is 32.4 Å². The van der Waals surface area contributed by atoms with Gasteiger partial charge in [0.15, 0.2) is 11.5 Å². The maximum Gasteiger partial charge on any atom is 0.271 e. The number of ether oxygens (including phenoxy) is 2. The zero-order valence-corrected chi connectivity index (χ0v) is 16.1. The Labute approximate surface area is 163 Å². The lowest BCUT2D eigenvalue weighted by molar-refractivity contribution is 0.0683. The third-order valence-electron chi connectivity index (χ3n) is 4.88. The number of benzene rings is 1. The van der Waals surface area contributed by atoms with Gasteiger partial charge in [0, 0.05) is 37.6 Å². The number of carbonyl (C=O) groups excluding carboxylic acids is 2. The molecule has 28 heavy (non-hydrogen) atoms. The number of methoxy groups -OCH3 is 2. The summed E-state index contributed by atoms with van der Waals surface area (Å²) < 4.78 is 10.5. The van der Waals surface area contributed by atoms with Crippen molar-refractivity contribution in [2.24, 2.45) is 5.92 Å². The van der Waals surface area contributed by atoms with Gasteiger partial charge in [-0.05, 0) is 37.0 Å². The summed E-state index contributed by atoms with van der Waals surface area (Å²) in [5.41, 5.74) is 0.885. The van der Waals surface area contributed by atoms with E-state index in [9.17, 15) is 9.59 Å². The van der Waals surface area contributed by atoms with E-state index in [-0.39, 0.29) is 11.8 Å². The van der Waals surface area contributed by atoms with Gasteiger partial charge in [0.1, 0.15) is 5.69 Å². The first-order valence-corrected chi connectivity index (χ1v) is 9.18. The second-order valence-corrected chi connectivity index (χ2v) is 6.61. The van der Waals surface area contributed by atoms with Gasteiger partial charge in [-0.3, -0.25) is 14.6 Å². The number of hydrogen-bond acceptors (Lipinski definition) is 6. The Morgan fingerprint density at radius 1 is 1.14 bits per heavy atom. The topological polar surface area (TPSA) is 93.7 Å². The summed E-state index contributed by atoms with van der Waals surface area (Å²) in [6.45, 7) is 1.87. The van der Waals surface area contributed by atoms with Crippen molar-refractivity contribution in [2.75, 3.05) is 33.9 Å². The average molecular weight is 384 g/mol. The van der Waals surface area contributed by atoms with Crippen LogP contribution in [0.25, 0.3) is 0 Å². The molecule has 1 aromatic heterocycles. The average Bonchev–Trinajstić information content (AvgIpc) is 2.77. The highest BCUT2D eigenvalue weighted by molar-refractivity contribution is 5.95. The maximum atomic E-state index is 12.8. The standard InChI is InChI=1S/C20H24N4O4/c1-27-17-4-3-15(11-18(17)28-2)20(26)24-9-5-14(6-10-24)12-23-19(25)16-13-21-7-8-22-16/h3-4,7-8,11,13-14H,5-6,9-10,12H2,1-2H3,(H,23,25). The summed E-state index contributed by atoms with van der Waals surface area (Å²) in [4.78, 5) is 34.6. The highest BCUT2D eigenvalue weighted by Gasteiger charge is 2.25. The Hall–Kier alpha value is -3.16. The zero-order valence-electron chi connectivity index (χ0n) is 16.1. The number of rotatable bonds is 6. The van der Waals surface area contributed by atoms with Crippen LogP contribution < -0.4 is 14.8 Å². The van der Waals surface area contributed by atoms with E-state index in [1.807, 2.05) is 4.90 Å². The SMILES string of the molecule is COc1ccc(C(=O)N2CCC(CNC(=O)c3cnccn3)CC2)cc1OC. The molecule has 3 rings (SSSR count). The number of aromatic nitrogens is 2. The van der Waals surface area contributed by atoms with E-state index in [0.29, 0.717) is 48.3 Å². The fourth-order valence-corrected chi connectivity index (χ4v) is 3.24. The summed E-state index contributed by atoms with van der Waals surface area (Å²) in [5.74, 6) is 1.21. The molecule has 0 radical (unpaired) electrons. The zero-order chi connectivity index (χ0) is 19.9. The van der Waals surface area contributed by atoms with Crippen LogP contribution in [-0.4, -0.2) is 60.5 Å². The Kier molecular flexibility index (Phi) is 6.41. The lowest BCUT2D eigenvalue weighted by atomic mass is 9.96. The summed E-state index contributed by atoms with van der Waals surface area (Å²) >= 11 is 0. The Morgan fingerprint density at radius 2 is 1.89 bits per heavy atom. The molecule has 0 aliphatic carbocycles. The second kappa shape index (κ2) is 9.16. The molecular weight excluding hydrogens is 360 g/mol. The molecule has 148 valence electrons. The summed E-state index contributed by atoms with van der Waals surface area (Å²) in [5, 5.41) is 2.90. The highest BCUT2D eigenvalue weighted by Crippen LogP contribution is 2.28. The third-order valence-corrected chi connectivity index (χ3v) is 4.88. The molecule has 0 saturated carbocycles. The minimum Gasteiger partial charge on any atom is -0.493 e. The number of carbonyl (C=O) groups is 2. The number of hydrogen-bond donors (Lipinski definition) is 1. The molecule has 8 nitrogen and oxygen atoms in total. The number of likely N-dealkylation sites (tertiary alicyclic amines) is 1. The van der Waals surface area contributed by atoms with Gasteiger partial charge in [0.2, 0.25) is 0 Å². The van der Waals surface area contributed by atoms with E-state index in [4.69, 9.17) is 9.47 Å². The summed E-state index contributed by atoms with van der Waals surface area (Å²) in [7, 11) is 3.11. The molecule has 2 heterocycles. The Morgan fingerprint density at radius 3 is 2.54 bits per heavy atom. The van der Waals surface area contributed by atoms with E-state index in [1.165, 1.54) is 18.6 Å². The molecule has 1 aliphatic heterocycles. The summed E-state index contributed by atoms with van der Waals surface area (Å²) in [6, 6.07) is 5.19. The van der Waals surface area contributed by atoms with Crippen molar-refractivity contribution in [3.05, 3.63) is 48.0 Å². The van der Waals surface area contributed by atoms with Crippen molar-refractivity contribution < 1.29 is 19.1 Å². The highest BCUT2D eigenvalue weighted by atomic mass is 16.5. The minimum atomic E-state index is -0.225. The number of nitrogens with zero attached hydrogens (tertiary/aromatic N) is 3. The lowest BCUT2D eigenvalue weighted by Gasteiger charge is -2.32. The monoisotopic (exact) mass is 384 g/mol. The van der Waals surface area contributed by atoms with Crippen LogP contribution in [0.5, 0.6) is 11.5 Å². The maximum absolute atomic E-state index is 12.8. The van der Waals surface area contributed by atoms with Crippen molar-refractivity contribution >= 4 is 11.8 Å².